The molecule has 1 fully saturated rings. The molecule has 3 aromatic rings. The van der Waals surface area contributed by atoms with Gasteiger partial charge in [-0.2, -0.15) is 0 Å². The molecular weight excluding hydrogens is 482 g/mol. The van der Waals surface area contributed by atoms with Gasteiger partial charge in [-0.3, -0.25) is 4.79 Å². The summed E-state index contributed by atoms with van der Waals surface area (Å²) in [6.07, 6.45) is -1.19. The zero-order chi connectivity index (χ0) is 26.2. The molecule has 0 bridgehead atoms. The third-order valence-corrected chi connectivity index (χ3v) is 6.03. The molecule has 37 heavy (non-hydrogen) atoms. The molecule has 0 aromatic heterocycles. The molecule has 9 heteroatoms. The van der Waals surface area contributed by atoms with Crippen molar-refractivity contribution in [2.75, 3.05) is 13.2 Å². The Morgan fingerprint density at radius 1 is 0.946 bits per heavy atom. The smallest absolute Gasteiger partial charge is 0.416 e. The highest BCUT2D eigenvalue weighted by atomic mass is 19.2. The van der Waals surface area contributed by atoms with Crippen LogP contribution in [0.1, 0.15) is 16.7 Å². The number of halogens is 2. The molecule has 1 N–H and O–H groups in total. The van der Waals surface area contributed by atoms with Crippen molar-refractivity contribution in [3.63, 3.8) is 0 Å². The average molecular weight is 509 g/mol. The molecule has 2 atom stereocenters. The standard InChI is InChI=1S/C28H26F2N2O5/c29-24-12-11-21(15-25(24)30)13-22(16-31-27(34)36-17-20-9-5-2-6-10-20)26(33)32-23(18-37-28(32)35)14-19-7-3-1-4-8-19/h1-12,15,22-23H,13-14,16-18H2,(H,31,34)/t22-,23+/m0/s1. The second-order valence-electron chi connectivity index (χ2n) is 8.72. The molecule has 0 saturated carbocycles. The Bertz CT molecular complexity index is 1240. The molecule has 3 amide bonds. The Balaban J connectivity index is 1.47. The number of rotatable bonds is 9. The molecule has 0 spiro atoms. The third kappa shape index (κ3) is 6.91. The Morgan fingerprint density at radius 2 is 1.62 bits per heavy atom. The van der Waals surface area contributed by atoms with E-state index in [9.17, 15) is 23.2 Å². The summed E-state index contributed by atoms with van der Waals surface area (Å²) in [5, 5.41) is 2.55. The predicted octanol–water partition coefficient (Wildman–Crippen LogP) is 4.64. The minimum absolute atomic E-state index is 0.0317. The van der Waals surface area contributed by atoms with Crippen molar-refractivity contribution in [1.29, 1.82) is 0 Å². The molecule has 0 unspecified atom stereocenters. The van der Waals surface area contributed by atoms with Gasteiger partial charge in [-0.1, -0.05) is 66.7 Å². The number of imide groups is 1. The second-order valence-corrected chi connectivity index (χ2v) is 8.72. The minimum Gasteiger partial charge on any atom is -0.447 e. The fourth-order valence-electron chi connectivity index (χ4n) is 4.14. The van der Waals surface area contributed by atoms with Crippen LogP contribution in [-0.4, -0.2) is 42.2 Å². The lowest BCUT2D eigenvalue weighted by atomic mass is 9.96. The SMILES string of the molecule is O=C(NC[C@H](Cc1ccc(F)c(F)c1)C(=O)N1C(=O)OC[C@H]1Cc1ccccc1)OCc1ccccc1. The summed E-state index contributed by atoms with van der Waals surface area (Å²) >= 11 is 0. The van der Waals surface area contributed by atoms with Crippen molar-refractivity contribution in [2.45, 2.75) is 25.5 Å². The summed E-state index contributed by atoms with van der Waals surface area (Å²) in [5.74, 6) is -3.61. The number of amides is 3. The van der Waals surface area contributed by atoms with Gasteiger partial charge in [-0.25, -0.2) is 23.3 Å². The number of alkyl carbamates (subject to hydrolysis) is 1. The molecule has 0 radical (unpaired) electrons. The topological polar surface area (TPSA) is 84.9 Å². The lowest BCUT2D eigenvalue weighted by Gasteiger charge is -2.25. The van der Waals surface area contributed by atoms with Crippen LogP contribution in [0.2, 0.25) is 0 Å². The van der Waals surface area contributed by atoms with Gasteiger partial charge in [-0.05, 0) is 41.7 Å². The maximum Gasteiger partial charge on any atom is 0.416 e. The number of benzene rings is 3. The Hall–Kier alpha value is -4.27. The minimum atomic E-state index is -1.05. The molecule has 3 aromatic carbocycles. The molecule has 1 heterocycles. The highest BCUT2D eigenvalue weighted by Gasteiger charge is 2.41. The van der Waals surface area contributed by atoms with Crippen LogP contribution in [0.15, 0.2) is 78.9 Å². The summed E-state index contributed by atoms with van der Waals surface area (Å²) in [7, 11) is 0. The highest BCUT2D eigenvalue weighted by molar-refractivity contribution is 5.95. The first-order chi connectivity index (χ1) is 17.9. The van der Waals surface area contributed by atoms with E-state index in [0.29, 0.717) is 12.0 Å². The number of carbonyl (C=O) groups excluding carboxylic acids is 3. The van der Waals surface area contributed by atoms with Crippen molar-refractivity contribution in [3.8, 4) is 0 Å². The van der Waals surface area contributed by atoms with Gasteiger partial charge < -0.3 is 14.8 Å². The van der Waals surface area contributed by atoms with E-state index in [2.05, 4.69) is 5.32 Å². The molecule has 1 saturated heterocycles. The lowest BCUT2D eigenvalue weighted by molar-refractivity contribution is -0.133. The number of cyclic esters (lactones) is 1. The Morgan fingerprint density at radius 3 is 2.30 bits per heavy atom. The Labute approximate surface area is 213 Å². The molecular formula is C28H26F2N2O5. The van der Waals surface area contributed by atoms with Gasteiger partial charge in [0.15, 0.2) is 11.6 Å². The zero-order valence-electron chi connectivity index (χ0n) is 19.9. The largest absolute Gasteiger partial charge is 0.447 e. The van der Waals surface area contributed by atoms with E-state index in [1.165, 1.54) is 6.07 Å². The third-order valence-electron chi connectivity index (χ3n) is 6.03. The lowest BCUT2D eigenvalue weighted by Crippen LogP contribution is -2.47. The summed E-state index contributed by atoms with van der Waals surface area (Å²) in [6, 6.07) is 21.2. The van der Waals surface area contributed by atoms with Crippen molar-refractivity contribution in [1.82, 2.24) is 10.2 Å². The van der Waals surface area contributed by atoms with Crippen molar-refractivity contribution in [2.24, 2.45) is 5.92 Å². The fraction of sp³-hybridized carbons (Fsp3) is 0.250. The van der Waals surface area contributed by atoms with Crippen LogP contribution < -0.4 is 5.32 Å². The number of ether oxygens (including phenoxy) is 2. The average Bonchev–Trinajstić information content (AvgIpc) is 3.27. The van der Waals surface area contributed by atoms with Gasteiger partial charge >= 0.3 is 12.2 Å². The van der Waals surface area contributed by atoms with Crippen molar-refractivity contribution < 1.29 is 32.6 Å². The maximum atomic E-state index is 13.8. The fourth-order valence-corrected chi connectivity index (χ4v) is 4.14. The number of carbonyl (C=O) groups is 3. The van der Waals surface area contributed by atoms with Gasteiger partial charge in [0.25, 0.3) is 0 Å². The summed E-state index contributed by atoms with van der Waals surface area (Å²) in [6.45, 7) is -0.122. The van der Waals surface area contributed by atoms with Gasteiger partial charge in [0.2, 0.25) is 5.91 Å². The van der Waals surface area contributed by atoms with Gasteiger partial charge in [-0.15, -0.1) is 0 Å². The number of nitrogens with one attached hydrogen (secondary N) is 1. The molecule has 7 nitrogen and oxygen atoms in total. The van der Waals surface area contributed by atoms with E-state index in [-0.39, 0.29) is 26.2 Å². The summed E-state index contributed by atoms with van der Waals surface area (Å²) in [4.78, 5) is 39.5. The normalized spacial score (nSPS) is 15.7. The molecule has 0 aliphatic carbocycles. The first kappa shape index (κ1) is 25.8. The number of hydrogen-bond donors (Lipinski definition) is 1. The number of nitrogens with zero attached hydrogens (tertiary/aromatic N) is 1. The van der Waals surface area contributed by atoms with Crippen molar-refractivity contribution in [3.05, 3.63) is 107 Å². The molecule has 1 aliphatic rings. The van der Waals surface area contributed by atoms with E-state index in [1.807, 2.05) is 48.5 Å². The first-order valence-corrected chi connectivity index (χ1v) is 11.8. The van der Waals surface area contributed by atoms with E-state index in [0.717, 1.165) is 28.2 Å². The van der Waals surface area contributed by atoms with Gasteiger partial charge in [0.1, 0.15) is 13.2 Å². The van der Waals surface area contributed by atoms with E-state index in [4.69, 9.17) is 9.47 Å². The quantitative estimate of drug-likeness (QED) is 0.455. The molecule has 4 rings (SSSR count). The van der Waals surface area contributed by atoms with E-state index in [1.54, 1.807) is 12.1 Å². The van der Waals surface area contributed by atoms with Crippen LogP contribution in [0.25, 0.3) is 0 Å². The van der Waals surface area contributed by atoms with Crippen LogP contribution in [-0.2, 0) is 33.7 Å². The monoisotopic (exact) mass is 508 g/mol. The zero-order valence-corrected chi connectivity index (χ0v) is 19.9. The number of hydrogen-bond acceptors (Lipinski definition) is 5. The van der Waals surface area contributed by atoms with Crippen LogP contribution in [0.5, 0.6) is 0 Å². The highest BCUT2D eigenvalue weighted by Crippen LogP contribution is 2.22. The first-order valence-electron chi connectivity index (χ1n) is 11.8. The van der Waals surface area contributed by atoms with Gasteiger partial charge in [0.05, 0.1) is 12.0 Å². The molecule has 192 valence electrons. The van der Waals surface area contributed by atoms with Crippen LogP contribution in [0.3, 0.4) is 0 Å². The Kier molecular flexibility index (Phi) is 8.45. The van der Waals surface area contributed by atoms with E-state index >= 15 is 0 Å². The van der Waals surface area contributed by atoms with E-state index < -0.39 is 41.7 Å². The predicted molar refractivity (Wildman–Crippen MR) is 130 cm³/mol. The van der Waals surface area contributed by atoms with Crippen LogP contribution in [0, 0.1) is 17.6 Å². The second kappa shape index (κ2) is 12.1. The summed E-state index contributed by atoms with van der Waals surface area (Å²) in [5.41, 5.74) is 2.04. The molecule has 1 aliphatic heterocycles. The maximum absolute atomic E-state index is 13.8. The van der Waals surface area contributed by atoms with Crippen LogP contribution in [0.4, 0.5) is 18.4 Å². The van der Waals surface area contributed by atoms with Crippen LogP contribution >= 0.6 is 0 Å². The van der Waals surface area contributed by atoms with Gasteiger partial charge in [0, 0.05) is 6.54 Å². The van der Waals surface area contributed by atoms with Crippen molar-refractivity contribution >= 4 is 18.1 Å². The summed E-state index contributed by atoms with van der Waals surface area (Å²) < 4.78 is 37.7.